The smallest absolute Gasteiger partial charge is 0.347 e. The predicted molar refractivity (Wildman–Crippen MR) is 99.4 cm³/mol. The first-order valence-electron chi connectivity index (χ1n) is 8.47. The predicted octanol–water partition coefficient (Wildman–Crippen LogP) is 4.10. The quantitative estimate of drug-likeness (QED) is 0.647. The summed E-state index contributed by atoms with van der Waals surface area (Å²) >= 11 is 0. The maximum atomic E-state index is 13.0. The molecule has 134 valence electrons. The fourth-order valence-electron chi connectivity index (χ4n) is 2.61. The molecule has 0 fully saturated rings. The molecule has 1 heterocycles. The summed E-state index contributed by atoms with van der Waals surface area (Å²) in [6.07, 6.45) is -0.928. The van der Waals surface area contributed by atoms with Gasteiger partial charge in [0.1, 0.15) is 5.58 Å². The third kappa shape index (κ3) is 3.47. The maximum Gasteiger partial charge on any atom is 0.347 e. The summed E-state index contributed by atoms with van der Waals surface area (Å²) in [6.45, 7) is 5.47. The minimum Gasteiger partial charge on any atom is -0.471 e. The lowest BCUT2D eigenvalue weighted by Gasteiger charge is -2.16. The van der Waals surface area contributed by atoms with Crippen LogP contribution in [-0.4, -0.2) is 18.7 Å². The van der Waals surface area contributed by atoms with Crippen LogP contribution in [0.1, 0.15) is 19.4 Å². The molecule has 0 aliphatic rings. The van der Waals surface area contributed by atoms with Crippen LogP contribution < -0.4 is 10.2 Å². The Hall–Kier alpha value is -3.08. The highest BCUT2D eigenvalue weighted by atomic mass is 16.6. The van der Waals surface area contributed by atoms with Crippen LogP contribution >= 0.6 is 0 Å². The van der Waals surface area contributed by atoms with E-state index < -0.39 is 12.1 Å². The van der Waals surface area contributed by atoms with Crippen LogP contribution in [0.2, 0.25) is 0 Å². The molecule has 0 aliphatic carbocycles. The van der Waals surface area contributed by atoms with Crippen LogP contribution in [0.3, 0.4) is 0 Å². The molecule has 0 aliphatic heterocycles. The normalized spacial score (nSPS) is 12.0. The van der Waals surface area contributed by atoms with Gasteiger partial charge in [-0.3, -0.25) is 4.79 Å². The van der Waals surface area contributed by atoms with Crippen molar-refractivity contribution in [3.05, 3.63) is 64.3 Å². The number of carbonyl (C=O) groups excluding carboxylic acids is 1. The van der Waals surface area contributed by atoms with Crippen molar-refractivity contribution in [1.29, 1.82) is 0 Å². The number of para-hydroxylation sites is 1. The van der Waals surface area contributed by atoms with Crippen LogP contribution in [0.5, 0.6) is 5.75 Å². The number of rotatable bonds is 5. The Labute approximate surface area is 151 Å². The van der Waals surface area contributed by atoms with E-state index >= 15 is 0 Å². The number of benzene rings is 2. The van der Waals surface area contributed by atoms with E-state index in [1.165, 1.54) is 0 Å². The first-order chi connectivity index (χ1) is 12.5. The lowest BCUT2D eigenvalue weighted by atomic mass is 10.1. The van der Waals surface area contributed by atoms with Crippen molar-refractivity contribution in [2.75, 3.05) is 6.61 Å². The first kappa shape index (κ1) is 17.7. The molecule has 5 heteroatoms. The molecule has 1 aromatic heterocycles. The molecular weight excluding hydrogens is 332 g/mol. The Morgan fingerprint density at radius 1 is 1.12 bits per heavy atom. The van der Waals surface area contributed by atoms with Crippen LogP contribution in [0.25, 0.3) is 22.3 Å². The highest BCUT2D eigenvalue weighted by Crippen LogP contribution is 2.31. The molecule has 0 saturated heterocycles. The molecule has 3 rings (SSSR count). The van der Waals surface area contributed by atoms with Crippen LogP contribution in [-0.2, 0) is 9.53 Å². The summed E-state index contributed by atoms with van der Waals surface area (Å²) in [7, 11) is 0. The maximum absolute atomic E-state index is 13.0. The summed E-state index contributed by atoms with van der Waals surface area (Å²) in [5, 5.41) is 0.398. The van der Waals surface area contributed by atoms with Crippen LogP contribution in [0.15, 0.2) is 57.7 Å². The third-order valence-corrected chi connectivity index (χ3v) is 3.98. The van der Waals surface area contributed by atoms with E-state index in [4.69, 9.17) is 13.9 Å². The van der Waals surface area contributed by atoms with Gasteiger partial charge in [0, 0.05) is 5.56 Å². The van der Waals surface area contributed by atoms with Crippen LogP contribution in [0.4, 0.5) is 0 Å². The second-order valence-corrected chi connectivity index (χ2v) is 5.96. The molecule has 0 radical (unpaired) electrons. The molecule has 1 atom stereocenters. The van der Waals surface area contributed by atoms with Crippen LogP contribution in [0, 0.1) is 6.92 Å². The molecule has 2 aromatic carbocycles. The van der Waals surface area contributed by atoms with Gasteiger partial charge in [-0.25, -0.2) is 4.79 Å². The Bertz CT molecular complexity index is 985. The summed E-state index contributed by atoms with van der Waals surface area (Å²) in [4.78, 5) is 24.9. The van der Waals surface area contributed by atoms with Gasteiger partial charge in [0.2, 0.25) is 11.2 Å². The molecular formula is C21H20O5. The first-order valence-corrected chi connectivity index (χ1v) is 8.47. The summed E-state index contributed by atoms with van der Waals surface area (Å²) < 4.78 is 16.6. The Morgan fingerprint density at radius 2 is 1.81 bits per heavy atom. The Kier molecular flexibility index (Phi) is 5.07. The Balaban J connectivity index is 2.16. The van der Waals surface area contributed by atoms with Gasteiger partial charge in [-0.05, 0) is 32.9 Å². The van der Waals surface area contributed by atoms with Crippen molar-refractivity contribution in [3.63, 3.8) is 0 Å². The third-order valence-electron chi connectivity index (χ3n) is 3.98. The monoisotopic (exact) mass is 352 g/mol. The average Bonchev–Trinajstić information content (AvgIpc) is 2.64. The number of ether oxygens (including phenoxy) is 2. The van der Waals surface area contributed by atoms with Crippen molar-refractivity contribution in [2.45, 2.75) is 26.9 Å². The van der Waals surface area contributed by atoms with Crippen molar-refractivity contribution in [3.8, 4) is 17.1 Å². The number of aryl methyl sites for hydroxylation is 1. The second kappa shape index (κ2) is 7.44. The molecule has 0 bridgehead atoms. The van der Waals surface area contributed by atoms with Gasteiger partial charge in [0.15, 0.2) is 11.9 Å². The highest BCUT2D eigenvalue weighted by molar-refractivity contribution is 5.82. The number of carbonyl (C=O) groups is 1. The second-order valence-electron chi connectivity index (χ2n) is 5.96. The van der Waals surface area contributed by atoms with E-state index in [1.54, 1.807) is 38.1 Å². The summed E-state index contributed by atoms with van der Waals surface area (Å²) in [5.41, 5.74) is 1.92. The number of esters is 1. The van der Waals surface area contributed by atoms with Crippen molar-refractivity contribution >= 4 is 16.9 Å². The zero-order chi connectivity index (χ0) is 18.7. The molecule has 0 amide bonds. The molecule has 0 unspecified atom stereocenters. The lowest BCUT2D eigenvalue weighted by molar-refractivity contribution is -0.150. The van der Waals surface area contributed by atoms with Gasteiger partial charge in [-0.2, -0.15) is 0 Å². The molecule has 0 saturated carbocycles. The molecule has 0 N–H and O–H groups in total. The van der Waals surface area contributed by atoms with Gasteiger partial charge in [0.05, 0.1) is 12.0 Å². The fourth-order valence-corrected chi connectivity index (χ4v) is 2.61. The number of fused-ring (bicyclic) bond motifs is 1. The minimum absolute atomic E-state index is 0.00751. The zero-order valence-corrected chi connectivity index (χ0v) is 14.9. The number of hydrogen-bond donors (Lipinski definition) is 0. The topological polar surface area (TPSA) is 65.7 Å². The SMILES string of the molecule is CCOC(=O)[C@H](C)Oc1c(-c2ccc(C)cc2)oc2ccccc2c1=O. The van der Waals surface area contributed by atoms with E-state index in [9.17, 15) is 9.59 Å². The number of hydrogen-bond acceptors (Lipinski definition) is 5. The van der Waals surface area contributed by atoms with Gasteiger partial charge >= 0.3 is 5.97 Å². The fraction of sp³-hybridized carbons (Fsp3) is 0.238. The largest absolute Gasteiger partial charge is 0.471 e. The van der Waals surface area contributed by atoms with Gasteiger partial charge in [-0.1, -0.05) is 42.0 Å². The van der Waals surface area contributed by atoms with Gasteiger partial charge in [0.25, 0.3) is 0 Å². The van der Waals surface area contributed by atoms with Crippen molar-refractivity contribution < 1.29 is 18.7 Å². The van der Waals surface area contributed by atoms with Crippen molar-refractivity contribution in [2.24, 2.45) is 0 Å². The minimum atomic E-state index is -0.928. The average molecular weight is 352 g/mol. The van der Waals surface area contributed by atoms with E-state index in [0.29, 0.717) is 22.3 Å². The standard InChI is InChI=1S/C21H20O5/c1-4-24-21(23)14(3)25-20-18(22)16-7-5-6-8-17(16)26-19(20)15-11-9-13(2)10-12-15/h5-12,14H,4H2,1-3H3/t14-/m0/s1. The summed E-state index contributed by atoms with van der Waals surface area (Å²) in [5.74, 6) is -0.229. The van der Waals surface area contributed by atoms with E-state index in [1.807, 2.05) is 31.2 Å². The lowest BCUT2D eigenvalue weighted by Crippen LogP contribution is -2.28. The zero-order valence-electron chi connectivity index (χ0n) is 14.9. The Morgan fingerprint density at radius 3 is 2.50 bits per heavy atom. The van der Waals surface area contributed by atoms with Gasteiger partial charge < -0.3 is 13.9 Å². The van der Waals surface area contributed by atoms with Gasteiger partial charge in [-0.15, -0.1) is 0 Å². The van der Waals surface area contributed by atoms with E-state index in [-0.39, 0.29) is 17.8 Å². The summed E-state index contributed by atoms with van der Waals surface area (Å²) in [6, 6.07) is 14.5. The molecule has 26 heavy (non-hydrogen) atoms. The molecule has 5 nitrogen and oxygen atoms in total. The van der Waals surface area contributed by atoms with E-state index in [2.05, 4.69) is 0 Å². The molecule has 0 spiro atoms. The highest BCUT2D eigenvalue weighted by Gasteiger charge is 2.23. The van der Waals surface area contributed by atoms with Crippen molar-refractivity contribution in [1.82, 2.24) is 0 Å². The van der Waals surface area contributed by atoms with E-state index in [0.717, 1.165) is 5.56 Å². The molecule has 3 aromatic rings.